The molecule has 0 saturated carbocycles. The lowest BCUT2D eigenvalue weighted by molar-refractivity contribution is 0.0950. The van der Waals surface area contributed by atoms with E-state index in [0.717, 1.165) is 17.9 Å². The minimum atomic E-state index is -0.127. The molecule has 0 unspecified atom stereocenters. The van der Waals surface area contributed by atoms with Crippen molar-refractivity contribution in [3.63, 3.8) is 0 Å². The molecule has 1 amide bonds. The number of carbonyl (C=O) groups is 1. The molecule has 0 atom stereocenters. The normalized spacial score (nSPS) is 10.1. The van der Waals surface area contributed by atoms with E-state index in [1.807, 2.05) is 37.3 Å². The fourth-order valence-electron chi connectivity index (χ4n) is 1.72. The Balaban J connectivity index is 1.95. The molecule has 0 aliphatic heterocycles. The maximum absolute atomic E-state index is 12.0. The van der Waals surface area contributed by atoms with Crippen LogP contribution in [0.15, 0.2) is 48.7 Å². The summed E-state index contributed by atoms with van der Waals surface area (Å²) in [4.78, 5) is 16.2. The molecule has 1 heterocycles. The molecule has 0 spiro atoms. The first kappa shape index (κ1) is 14.1. The van der Waals surface area contributed by atoms with Crippen molar-refractivity contribution >= 4 is 5.91 Å². The van der Waals surface area contributed by atoms with E-state index in [1.165, 1.54) is 0 Å². The summed E-state index contributed by atoms with van der Waals surface area (Å²) in [6, 6.07) is 12.8. The van der Waals surface area contributed by atoms with Crippen LogP contribution in [0, 0.1) is 0 Å². The Labute approximate surface area is 118 Å². The third kappa shape index (κ3) is 4.09. The lowest BCUT2D eigenvalue weighted by atomic mass is 10.2. The molecule has 20 heavy (non-hydrogen) atoms. The van der Waals surface area contributed by atoms with Crippen LogP contribution in [-0.2, 0) is 6.54 Å². The van der Waals surface area contributed by atoms with Gasteiger partial charge in [0, 0.05) is 11.8 Å². The van der Waals surface area contributed by atoms with Gasteiger partial charge in [-0.15, -0.1) is 0 Å². The summed E-state index contributed by atoms with van der Waals surface area (Å²) in [5, 5.41) is 2.84. The summed E-state index contributed by atoms with van der Waals surface area (Å²) < 4.78 is 5.52. The van der Waals surface area contributed by atoms with Gasteiger partial charge in [0.25, 0.3) is 5.91 Å². The second kappa shape index (κ2) is 7.28. The van der Waals surface area contributed by atoms with Crippen LogP contribution >= 0.6 is 0 Å². The van der Waals surface area contributed by atoms with Crippen molar-refractivity contribution in [3.8, 4) is 5.75 Å². The summed E-state index contributed by atoms with van der Waals surface area (Å²) in [5.41, 5.74) is 1.42. The molecule has 0 aliphatic carbocycles. The smallest absolute Gasteiger partial charge is 0.251 e. The number of carbonyl (C=O) groups excluding carboxylic acids is 1. The fourth-order valence-corrected chi connectivity index (χ4v) is 1.72. The van der Waals surface area contributed by atoms with Crippen LogP contribution in [0.1, 0.15) is 29.4 Å². The number of nitrogens with one attached hydrogen (secondary N) is 1. The number of nitrogens with zero attached hydrogens (tertiary/aromatic N) is 1. The van der Waals surface area contributed by atoms with Crippen molar-refractivity contribution in [2.75, 3.05) is 6.61 Å². The first-order chi connectivity index (χ1) is 9.79. The van der Waals surface area contributed by atoms with Crippen molar-refractivity contribution in [1.29, 1.82) is 0 Å². The molecule has 0 fully saturated rings. The molecule has 1 aromatic carbocycles. The molecule has 104 valence electrons. The number of hydrogen-bond donors (Lipinski definition) is 1. The van der Waals surface area contributed by atoms with Gasteiger partial charge in [-0.2, -0.15) is 0 Å². The Morgan fingerprint density at radius 3 is 2.90 bits per heavy atom. The highest BCUT2D eigenvalue weighted by atomic mass is 16.5. The van der Waals surface area contributed by atoms with Gasteiger partial charge in [0.05, 0.1) is 18.8 Å². The minimum Gasteiger partial charge on any atom is -0.494 e. The topological polar surface area (TPSA) is 51.2 Å². The standard InChI is InChI=1S/C16H18N2O2/c1-2-10-20-15-8-5-6-13(11-15)16(19)18-12-14-7-3-4-9-17-14/h3-9,11H,2,10,12H2,1H3,(H,18,19). The van der Waals surface area contributed by atoms with E-state index in [-0.39, 0.29) is 5.91 Å². The fraction of sp³-hybridized carbons (Fsp3) is 0.250. The predicted molar refractivity (Wildman–Crippen MR) is 77.6 cm³/mol. The Morgan fingerprint density at radius 2 is 2.15 bits per heavy atom. The number of rotatable bonds is 6. The van der Waals surface area contributed by atoms with E-state index in [4.69, 9.17) is 4.74 Å². The molecule has 0 radical (unpaired) electrons. The second-order valence-electron chi connectivity index (χ2n) is 4.38. The van der Waals surface area contributed by atoms with Gasteiger partial charge in [-0.25, -0.2) is 0 Å². The Kier molecular flexibility index (Phi) is 5.12. The molecular formula is C16H18N2O2. The van der Waals surface area contributed by atoms with Gasteiger partial charge < -0.3 is 10.1 Å². The second-order valence-corrected chi connectivity index (χ2v) is 4.38. The van der Waals surface area contributed by atoms with Crippen LogP contribution < -0.4 is 10.1 Å². The highest BCUT2D eigenvalue weighted by Gasteiger charge is 2.06. The zero-order valence-corrected chi connectivity index (χ0v) is 11.5. The lowest BCUT2D eigenvalue weighted by Crippen LogP contribution is -2.23. The summed E-state index contributed by atoms with van der Waals surface area (Å²) in [5.74, 6) is 0.593. The monoisotopic (exact) mass is 270 g/mol. The van der Waals surface area contributed by atoms with Crippen LogP contribution in [0.25, 0.3) is 0 Å². The lowest BCUT2D eigenvalue weighted by Gasteiger charge is -2.08. The largest absolute Gasteiger partial charge is 0.494 e. The maximum atomic E-state index is 12.0. The third-order valence-corrected chi connectivity index (χ3v) is 2.73. The Morgan fingerprint density at radius 1 is 1.25 bits per heavy atom. The highest BCUT2D eigenvalue weighted by Crippen LogP contribution is 2.13. The van der Waals surface area contributed by atoms with Crippen LogP contribution in [-0.4, -0.2) is 17.5 Å². The van der Waals surface area contributed by atoms with Crippen LogP contribution in [0.5, 0.6) is 5.75 Å². The number of aromatic nitrogens is 1. The minimum absolute atomic E-state index is 0.127. The van der Waals surface area contributed by atoms with Crippen molar-refractivity contribution in [2.45, 2.75) is 19.9 Å². The van der Waals surface area contributed by atoms with Gasteiger partial charge in [0.15, 0.2) is 0 Å². The van der Waals surface area contributed by atoms with E-state index >= 15 is 0 Å². The summed E-state index contributed by atoms with van der Waals surface area (Å²) in [6.07, 6.45) is 2.65. The molecule has 0 saturated heterocycles. The van der Waals surface area contributed by atoms with Gasteiger partial charge in [0.2, 0.25) is 0 Å². The molecular weight excluding hydrogens is 252 g/mol. The van der Waals surface area contributed by atoms with Crippen LogP contribution in [0.4, 0.5) is 0 Å². The average molecular weight is 270 g/mol. The van der Waals surface area contributed by atoms with Gasteiger partial charge in [-0.05, 0) is 36.8 Å². The van der Waals surface area contributed by atoms with Crippen molar-refractivity contribution in [2.24, 2.45) is 0 Å². The predicted octanol–water partition coefficient (Wildman–Crippen LogP) is 2.80. The van der Waals surface area contributed by atoms with Crippen LogP contribution in [0.3, 0.4) is 0 Å². The van der Waals surface area contributed by atoms with Gasteiger partial charge in [-0.3, -0.25) is 9.78 Å². The average Bonchev–Trinajstić information content (AvgIpc) is 2.52. The summed E-state index contributed by atoms with van der Waals surface area (Å²) in [6.45, 7) is 3.11. The number of hydrogen-bond acceptors (Lipinski definition) is 3. The summed E-state index contributed by atoms with van der Waals surface area (Å²) in [7, 11) is 0. The van der Waals surface area contributed by atoms with E-state index in [1.54, 1.807) is 18.3 Å². The van der Waals surface area contributed by atoms with Gasteiger partial charge in [0.1, 0.15) is 5.75 Å². The number of benzene rings is 1. The quantitative estimate of drug-likeness (QED) is 0.878. The van der Waals surface area contributed by atoms with Gasteiger partial charge >= 0.3 is 0 Å². The van der Waals surface area contributed by atoms with Crippen molar-refractivity contribution < 1.29 is 9.53 Å². The molecule has 1 aromatic heterocycles. The van der Waals surface area contributed by atoms with E-state index in [9.17, 15) is 4.79 Å². The number of ether oxygens (including phenoxy) is 1. The molecule has 4 nitrogen and oxygen atoms in total. The van der Waals surface area contributed by atoms with Crippen molar-refractivity contribution in [3.05, 3.63) is 59.9 Å². The highest BCUT2D eigenvalue weighted by molar-refractivity contribution is 5.94. The van der Waals surface area contributed by atoms with E-state index < -0.39 is 0 Å². The number of pyridine rings is 1. The SMILES string of the molecule is CCCOc1cccc(C(=O)NCc2ccccn2)c1. The molecule has 2 aromatic rings. The first-order valence-corrected chi connectivity index (χ1v) is 6.70. The summed E-state index contributed by atoms with van der Waals surface area (Å²) >= 11 is 0. The number of amides is 1. The Bertz CT molecular complexity index is 555. The zero-order chi connectivity index (χ0) is 14.2. The molecule has 1 N–H and O–H groups in total. The van der Waals surface area contributed by atoms with E-state index in [2.05, 4.69) is 10.3 Å². The molecule has 2 rings (SSSR count). The molecule has 0 aliphatic rings. The zero-order valence-electron chi connectivity index (χ0n) is 11.5. The molecule has 0 bridgehead atoms. The van der Waals surface area contributed by atoms with Crippen molar-refractivity contribution in [1.82, 2.24) is 10.3 Å². The molecule has 4 heteroatoms. The van der Waals surface area contributed by atoms with Crippen LogP contribution in [0.2, 0.25) is 0 Å². The van der Waals surface area contributed by atoms with Gasteiger partial charge in [-0.1, -0.05) is 19.1 Å². The van der Waals surface area contributed by atoms with E-state index in [0.29, 0.717) is 18.7 Å². The first-order valence-electron chi connectivity index (χ1n) is 6.70. The maximum Gasteiger partial charge on any atom is 0.251 e. The Hall–Kier alpha value is -2.36. The third-order valence-electron chi connectivity index (χ3n) is 2.73.